The summed E-state index contributed by atoms with van der Waals surface area (Å²) in [5, 5.41) is 0. The molecule has 3 rings (SSSR count). The van der Waals surface area contributed by atoms with Crippen LogP contribution in [0.5, 0.6) is 0 Å². The zero-order valence-corrected chi connectivity index (χ0v) is 11.5. The molecule has 0 radical (unpaired) electrons. The number of methoxy groups -OCH3 is 1. The Bertz CT molecular complexity index is 625. The number of rotatable bonds is 2. The topological polar surface area (TPSA) is 67.8 Å². The molecule has 1 saturated carbocycles. The largest absolute Gasteiger partial charge is 0.381 e. The van der Waals surface area contributed by atoms with E-state index in [1.54, 1.807) is 25.3 Å². The summed E-state index contributed by atoms with van der Waals surface area (Å²) in [4.78, 5) is 4.87. The third-order valence-electron chi connectivity index (χ3n) is 3.66. The molecule has 1 aliphatic carbocycles. The van der Waals surface area contributed by atoms with E-state index in [0.717, 1.165) is 19.3 Å². The van der Waals surface area contributed by atoms with E-state index in [2.05, 4.69) is 9.71 Å². The van der Waals surface area contributed by atoms with Gasteiger partial charge in [0.1, 0.15) is 5.84 Å². The van der Waals surface area contributed by atoms with Crippen LogP contribution in [0.2, 0.25) is 0 Å². The Morgan fingerprint density at radius 2 is 2.11 bits per heavy atom. The summed E-state index contributed by atoms with van der Waals surface area (Å²) >= 11 is 0. The highest BCUT2D eigenvalue weighted by Gasteiger charge is 2.32. The third kappa shape index (κ3) is 2.26. The molecule has 1 aliphatic heterocycles. The van der Waals surface area contributed by atoms with Gasteiger partial charge in [-0.1, -0.05) is 12.1 Å². The van der Waals surface area contributed by atoms with Crippen molar-refractivity contribution in [2.75, 3.05) is 7.11 Å². The van der Waals surface area contributed by atoms with Gasteiger partial charge in [-0.05, 0) is 31.4 Å². The molecular formula is C13H16N2O3S. The number of hydrogen-bond donors (Lipinski definition) is 1. The highest BCUT2D eigenvalue weighted by molar-refractivity contribution is 7.90. The van der Waals surface area contributed by atoms with Gasteiger partial charge in [0.25, 0.3) is 10.0 Å². The first-order valence-corrected chi connectivity index (χ1v) is 7.81. The number of aliphatic imine (C=N–C) groups is 1. The molecule has 1 N–H and O–H groups in total. The van der Waals surface area contributed by atoms with Crippen molar-refractivity contribution in [2.45, 2.75) is 36.3 Å². The molecule has 1 heterocycles. The number of sulfonamides is 1. The van der Waals surface area contributed by atoms with Crippen LogP contribution in [-0.4, -0.2) is 33.5 Å². The first-order valence-electron chi connectivity index (χ1n) is 6.33. The molecule has 6 heteroatoms. The molecule has 2 atom stereocenters. The molecule has 1 aromatic rings. The fourth-order valence-corrected chi connectivity index (χ4v) is 3.90. The summed E-state index contributed by atoms with van der Waals surface area (Å²) in [7, 11) is -1.73. The van der Waals surface area contributed by atoms with Crippen molar-refractivity contribution in [2.24, 2.45) is 4.99 Å². The van der Waals surface area contributed by atoms with Crippen molar-refractivity contribution < 1.29 is 13.2 Å². The lowest BCUT2D eigenvalue weighted by atomic mass is 10.2. The van der Waals surface area contributed by atoms with Crippen LogP contribution in [0, 0.1) is 0 Å². The van der Waals surface area contributed by atoms with Gasteiger partial charge in [-0.2, -0.15) is 0 Å². The van der Waals surface area contributed by atoms with E-state index >= 15 is 0 Å². The molecule has 0 aromatic heterocycles. The van der Waals surface area contributed by atoms with Gasteiger partial charge >= 0.3 is 0 Å². The van der Waals surface area contributed by atoms with E-state index in [1.165, 1.54) is 0 Å². The van der Waals surface area contributed by atoms with Crippen molar-refractivity contribution in [3.05, 3.63) is 29.8 Å². The molecule has 0 amide bonds. The van der Waals surface area contributed by atoms with Gasteiger partial charge in [0.05, 0.1) is 17.0 Å². The summed E-state index contributed by atoms with van der Waals surface area (Å²) in [6.07, 6.45) is 3.00. The Kier molecular flexibility index (Phi) is 3.06. The van der Waals surface area contributed by atoms with Gasteiger partial charge < -0.3 is 4.74 Å². The van der Waals surface area contributed by atoms with E-state index in [1.807, 2.05) is 6.07 Å². The Balaban J connectivity index is 1.92. The maximum atomic E-state index is 11.9. The van der Waals surface area contributed by atoms with Crippen molar-refractivity contribution in [1.29, 1.82) is 0 Å². The maximum Gasteiger partial charge on any atom is 0.263 e. The second-order valence-corrected chi connectivity index (χ2v) is 6.55. The zero-order valence-electron chi connectivity index (χ0n) is 10.7. The number of fused-ring (bicyclic) bond motifs is 1. The van der Waals surface area contributed by atoms with Crippen molar-refractivity contribution in [3.63, 3.8) is 0 Å². The Hall–Kier alpha value is -1.40. The molecule has 2 aliphatic rings. The highest BCUT2D eigenvalue weighted by Crippen LogP contribution is 2.27. The first kappa shape index (κ1) is 12.6. The molecule has 0 spiro atoms. The number of hydrogen-bond acceptors (Lipinski definition) is 4. The number of nitrogens with zero attached hydrogens (tertiary/aromatic N) is 1. The number of amidine groups is 1. The average molecular weight is 280 g/mol. The summed E-state index contributed by atoms with van der Waals surface area (Å²) in [5.41, 5.74) is 0.670. The zero-order chi connectivity index (χ0) is 13.5. The standard InChI is InChI=1S/C13H16N2O3S/c1-18-10-7-6-9(8-10)14-13-11-4-2-3-5-12(11)19(16,17)15-13/h2-5,9-10H,6-8H2,1H3,(H,14,15). The molecule has 0 bridgehead atoms. The van der Waals surface area contributed by atoms with Crippen molar-refractivity contribution in [3.8, 4) is 0 Å². The van der Waals surface area contributed by atoms with Crippen LogP contribution in [0.3, 0.4) is 0 Å². The maximum absolute atomic E-state index is 11.9. The lowest BCUT2D eigenvalue weighted by Crippen LogP contribution is -2.23. The monoisotopic (exact) mass is 280 g/mol. The first-order chi connectivity index (χ1) is 9.10. The summed E-state index contributed by atoms with van der Waals surface area (Å²) in [6, 6.07) is 7.07. The van der Waals surface area contributed by atoms with Crippen LogP contribution in [0.25, 0.3) is 0 Å². The minimum Gasteiger partial charge on any atom is -0.381 e. The molecule has 19 heavy (non-hydrogen) atoms. The Morgan fingerprint density at radius 1 is 1.32 bits per heavy atom. The van der Waals surface area contributed by atoms with Gasteiger partial charge in [-0.3, -0.25) is 9.71 Å². The van der Waals surface area contributed by atoms with Crippen molar-refractivity contribution in [1.82, 2.24) is 4.72 Å². The van der Waals surface area contributed by atoms with Gasteiger partial charge in [-0.25, -0.2) is 8.42 Å². The van der Waals surface area contributed by atoms with E-state index in [0.29, 0.717) is 16.3 Å². The number of nitrogens with one attached hydrogen (secondary N) is 1. The minimum absolute atomic E-state index is 0.133. The van der Waals surface area contributed by atoms with Crippen LogP contribution in [0.1, 0.15) is 24.8 Å². The smallest absolute Gasteiger partial charge is 0.263 e. The average Bonchev–Trinajstić information content (AvgIpc) is 2.94. The van der Waals surface area contributed by atoms with Crippen LogP contribution >= 0.6 is 0 Å². The second-order valence-electron chi connectivity index (χ2n) is 4.90. The summed E-state index contributed by atoms with van der Waals surface area (Å²) < 4.78 is 31.7. The van der Waals surface area contributed by atoms with E-state index in [9.17, 15) is 8.42 Å². The van der Waals surface area contributed by atoms with Gasteiger partial charge in [0.2, 0.25) is 0 Å². The predicted octanol–water partition coefficient (Wildman–Crippen LogP) is 1.29. The number of ether oxygens (including phenoxy) is 1. The van der Waals surface area contributed by atoms with Gasteiger partial charge in [-0.15, -0.1) is 0 Å². The molecule has 0 saturated heterocycles. The van der Waals surface area contributed by atoms with Crippen LogP contribution in [0.4, 0.5) is 0 Å². The lowest BCUT2D eigenvalue weighted by Gasteiger charge is -2.07. The fraction of sp³-hybridized carbons (Fsp3) is 0.462. The quantitative estimate of drug-likeness (QED) is 0.887. The molecule has 5 nitrogen and oxygen atoms in total. The van der Waals surface area contributed by atoms with Crippen LogP contribution in [0.15, 0.2) is 34.2 Å². The van der Waals surface area contributed by atoms with Gasteiger partial charge in [0.15, 0.2) is 0 Å². The van der Waals surface area contributed by atoms with Crippen LogP contribution < -0.4 is 4.72 Å². The van der Waals surface area contributed by atoms with Crippen LogP contribution in [-0.2, 0) is 14.8 Å². The predicted molar refractivity (Wildman–Crippen MR) is 71.7 cm³/mol. The molecule has 1 fully saturated rings. The Labute approximate surface area is 112 Å². The second kappa shape index (κ2) is 4.61. The SMILES string of the molecule is COC1CCC(N=C2NS(=O)(=O)c3ccccc32)C1. The van der Waals surface area contributed by atoms with E-state index < -0.39 is 10.0 Å². The summed E-state index contributed by atoms with van der Waals surface area (Å²) in [6.45, 7) is 0. The highest BCUT2D eigenvalue weighted by atomic mass is 32.2. The summed E-state index contributed by atoms with van der Waals surface area (Å²) in [5.74, 6) is 0.470. The van der Waals surface area contributed by atoms with Crippen molar-refractivity contribution >= 4 is 15.9 Å². The number of benzene rings is 1. The Morgan fingerprint density at radius 3 is 2.84 bits per heavy atom. The molecular weight excluding hydrogens is 264 g/mol. The molecule has 102 valence electrons. The van der Waals surface area contributed by atoms with Gasteiger partial charge in [0, 0.05) is 12.7 Å². The van der Waals surface area contributed by atoms with E-state index in [-0.39, 0.29) is 12.1 Å². The third-order valence-corrected chi connectivity index (χ3v) is 5.06. The normalized spacial score (nSPS) is 30.3. The molecule has 1 aromatic carbocycles. The fourth-order valence-electron chi connectivity index (χ4n) is 2.66. The lowest BCUT2D eigenvalue weighted by molar-refractivity contribution is 0.108. The van der Waals surface area contributed by atoms with E-state index in [4.69, 9.17) is 4.74 Å². The minimum atomic E-state index is -3.43. The molecule has 2 unspecified atom stereocenters.